The minimum atomic E-state index is -0.362. The van der Waals surface area contributed by atoms with Crippen LogP contribution in [0.25, 0.3) is 0 Å². The maximum Gasteiger partial charge on any atom is 0.174 e. The molecule has 0 fully saturated rings. The van der Waals surface area contributed by atoms with Crippen molar-refractivity contribution in [3.63, 3.8) is 0 Å². The normalized spacial score (nSPS) is 16.5. The molecular weight excluding hydrogens is 296 g/mol. The Kier molecular flexibility index (Phi) is 4.21. The maximum absolute atomic E-state index is 12.5. The van der Waals surface area contributed by atoms with E-state index in [9.17, 15) is 9.90 Å². The van der Waals surface area contributed by atoms with Gasteiger partial charge in [-0.2, -0.15) is 0 Å². The maximum atomic E-state index is 12.5. The van der Waals surface area contributed by atoms with E-state index in [1.807, 2.05) is 24.3 Å². The van der Waals surface area contributed by atoms with Crippen molar-refractivity contribution in [2.45, 2.75) is 19.1 Å². The van der Waals surface area contributed by atoms with E-state index in [4.69, 9.17) is 14.2 Å². The lowest BCUT2D eigenvalue weighted by molar-refractivity contribution is 0.0844. The minimum Gasteiger partial charge on any atom is -0.497 e. The van der Waals surface area contributed by atoms with E-state index in [0.29, 0.717) is 22.6 Å². The smallest absolute Gasteiger partial charge is 0.174 e. The van der Waals surface area contributed by atoms with Crippen LogP contribution in [0.3, 0.4) is 0 Å². The molecule has 0 radical (unpaired) electrons. The second-order valence-corrected chi connectivity index (χ2v) is 5.34. The molecule has 1 aliphatic heterocycles. The van der Waals surface area contributed by atoms with Gasteiger partial charge in [-0.05, 0) is 35.4 Å². The SMILES string of the molecule is COc1ccc(C2CC(=O)c3c(OC)cc(CO)cc3O2)cc1. The van der Waals surface area contributed by atoms with E-state index in [2.05, 4.69) is 0 Å². The molecule has 0 aliphatic carbocycles. The number of carbonyl (C=O) groups is 1. The van der Waals surface area contributed by atoms with Crippen molar-refractivity contribution in [1.82, 2.24) is 0 Å². The highest BCUT2D eigenvalue weighted by atomic mass is 16.5. The quantitative estimate of drug-likeness (QED) is 0.940. The van der Waals surface area contributed by atoms with Crippen LogP contribution in [0.1, 0.15) is 34.0 Å². The summed E-state index contributed by atoms with van der Waals surface area (Å²) < 4.78 is 16.4. The second-order valence-electron chi connectivity index (χ2n) is 5.34. The van der Waals surface area contributed by atoms with Crippen LogP contribution in [0.2, 0.25) is 0 Å². The summed E-state index contributed by atoms with van der Waals surface area (Å²) in [7, 11) is 3.11. The lowest BCUT2D eigenvalue weighted by atomic mass is 9.94. The zero-order chi connectivity index (χ0) is 16.4. The van der Waals surface area contributed by atoms with Gasteiger partial charge in [0, 0.05) is 0 Å². The fourth-order valence-corrected chi connectivity index (χ4v) is 2.73. The summed E-state index contributed by atoms with van der Waals surface area (Å²) in [6.45, 7) is -0.144. The number of hydrogen-bond acceptors (Lipinski definition) is 5. The van der Waals surface area contributed by atoms with E-state index >= 15 is 0 Å². The Labute approximate surface area is 134 Å². The lowest BCUT2D eigenvalue weighted by Gasteiger charge is -2.27. The largest absolute Gasteiger partial charge is 0.497 e. The molecule has 0 spiro atoms. The molecule has 1 aliphatic rings. The van der Waals surface area contributed by atoms with Crippen LogP contribution in [0.15, 0.2) is 36.4 Å². The number of hydrogen-bond donors (Lipinski definition) is 1. The molecule has 1 atom stereocenters. The highest BCUT2D eigenvalue weighted by molar-refractivity contribution is 6.02. The summed E-state index contributed by atoms with van der Waals surface area (Å²) in [5, 5.41) is 9.36. The molecule has 0 amide bonds. The number of methoxy groups -OCH3 is 2. The number of rotatable bonds is 4. The fraction of sp³-hybridized carbons (Fsp3) is 0.278. The summed E-state index contributed by atoms with van der Waals surface area (Å²) in [4.78, 5) is 12.5. The topological polar surface area (TPSA) is 65.0 Å². The molecule has 0 aromatic heterocycles. The molecule has 0 saturated heterocycles. The van der Waals surface area contributed by atoms with Crippen molar-refractivity contribution in [3.8, 4) is 17.2 Å². The van der Waals surface area contributed by atoms with E-state index in [-0.39, 0.29) is 24.9 Å². The predicted octanol–water partition coefficient (Wildman–Crippen LogP) is 2.90. The van der Waals surface area contributed by atoms with Gasteiger partial charge in [0.15, 0.2) is 5.78 Å². The monoisotopic (exact) mass is 314 g/mol. The first-order chi connectivity index (χ1) is 11.2. The van der Waals surface area contributed by atoms with Crippen LogP contribution in [0, 0.1) is 0 Å². The summed E-state index contributed by atoms with van der Waals surface area (Å²) in [6.07, 6.45) is -0.117. The van der Waals surface area contributed by atoms with Gasteiger partial charge in [0.2, 0.25) is 0 Å². The second kappa shape index (κ2) is 6.30. The third-order valence-electron chi connectivity index (χ3n) is 3.93. The van der Waals surface area contributed by atoms with Gasteiger partial charge >= 0.3 is 0 Å². The number of aliphatic hydroxyl groups excluding tert-OH is 1. The number of fused-ring (bicyclic) bond motifs is 1. The number of ketones is 1. The van der Waals surface area contributed by atoms with Crippen molar-refractivity contribution >= 4 is 5.78 Å². The lowest BCUT2D eigenvalue weighted by Crippen LogP contribution is -2.21. The highest BCUT2D eigenvalue weighted by Crippen LogP contribution is 2.40. The van der Waals surface area contributed by atoms with Gasteiger partial charge in [0.05, 0.1) is 27.2 Å². The van der Waals surface area contributed by atoms with Crippen LogP contribution in [-0.4, -0.2) is 25.1 Å². The van der Waals surface area contributed by atoms with Crippen molar-refractivity contribution in [1.29, 1.82) is 0 Å². The Hall–Kier alpha value is -2.53. The molecule has 2 aromatic rings. The number of benzene rings is 2. The van der Waals surface area contributed by atoms with Crippen molar-refractivity contribution in [2.75, 3.05) is 14.2 Å². The molecule has 0 saturated carbocycles. The number of Topliss-reactive ketones (excluding diaryl/α,β-unsaturated/α-hetero) is 1. The zero-order valence-electron chi connectivity index (χ0n) is 13.0. The zero-order valence-corrected chi connectivity index (χ0v) is 13.0. The molecular formula is C18H18O5. The van der Waals surface area contributed by atoms with Gasteiger partial charge in [0.25, 0.3) is 0 Å². The first-order valence-electron chi connectivity index (χ1n) is 7.32. The standard InChI is InChI=1S/C18H18O5/c1-21-13-5-3-12(4-6-13)15-9-14(20)18-16(22-2)7-11(10-19)8-17(18)23-15/h3-8,15,19H,9-10H2,1-2H3. The van der Waals surface area contributed by atoms with Crippen molar-refractivity contribution in [3.05, 3.63) is 53.1 Å². The molecule has 3 rings (SSSR count). The molecule has 1 heterocycles. The van der Waals surface area contributed by atoms with Crippen LogP contribution < -0.4 is 14.2 Å². The summed E-state index contributed by atoms with van der Waals surface area (Å²) >= 11 is 0. The Bertz CT molecular complexity index is 721. The number of aliphatic hydroxyl groups is 1. The molecule has 5 heteroatoms. The third-order valence-corrected chi connectivity index (χ3v) is 3.93. The van der Waals surface area contributed by atoms with Gasteiger partial charge in [-0.25, -0.2) is 0 Å². The Balaban J connectivity index is 1.97. The first-order valence-corrected chi connectivity index (χ1v) is 7.32. The van der Waals surface area contributed by atoms with Gasteiger partial charge < -0.3 is 19.3 Å². The van der Waals surface area contributed by atoms with E-state index < -0.39 is 0 Å². The Morgan fingerprint density at radius 2 is 1.91 bits per heavy atom. The van der Waals surface area contributed by atoms with Crippen LogP contribution in [0.5, 0.6) is 17.2 Å². The average Bonchev–Trinajstić information content (AvgIpc) is 2.60. The molecule has 1 N–H and O–H groups in total. The van der Waals surface area contributed by atoms with E-state index in [1.54, 1.807) is 19.2 Å². The molecule has 23 heavy (non-hydrogen) atoms. The van der Waals surface area contributed by atoms with Crippen LogP contribution >= 0.6 is 0 Å². The summed E-state index contributed by atoms with van der Waals surface area (Å²) in [5.41, 5.74) is 1.98. The van der Waals surface area contributed by atoms with Gasteiger partial charge in [-0.15, -0.1) is 0 Å². The molecule has 5 nitrogen and oxygen atoms in total. The number of ether oxygens (including phenoxy) is 3. The average molecular weight is 314 g/mol. The Morgan fingerprint density at radius 1 is 1.17 bits per heavy atom. The molecule has 1 unspecified atom stereocenters. The molecule has 0 bridgehead atoms. The van der Waals surface area contributed by atoms with Gasteiger partial charge in [0.1, 0.15) is 28.9 Å². The third kappa shape index (κ3) is 2.87. The molecule has 2 aromatic carbocycles. The van der Waals surface area contributed by atoms with Crippen LogP contribution in [-0.2, 0) is 6.61 Å². The first kappa shape index (κ1) is 15.4. The van der Waals surface area contributed by atoms with E-state index in [0.717, 1.165) is 11.3 Å². The predicted molar refractivity (Wildman–Crippen MR) is 84.2 cm³/mol. The fourth-order valence-electron chi connectivity index (χ4n) is 2.73. The van der Waals surface area contributed by atoms with E-state index in [1.165, 1.54) is 7.11 Å². The highest BCUT2D eigenvalue weighted by Gasteiger charge is 2.31. The van der Waals surface area contributed by atoms with Crippen molar-refractivity contribution in [2.24, 2.45) is 0 Å². The van der Waals surface area contributed by atoms with Crippen molar-refractivity contribution < 1.29 is 24.1 Å². The van der Waals surface area contributed by atoms with Crippen LogP contribution in [0.4, 0.5) is 0 Å². The molecule has 120 valence electrons. The van der Waals surface area contributed by atoms with Gasteiger partial charge in [-0.3, -0.25) is 4.79 Å². The minimum absolute atomic E-state index is 0.0339. The van der Waals surface area contributed by atoms with Gasteiger partial charge in [-0.1, -0.05) is 12.1 Å². The Morgan fingerprint density at radius 3 is 2.52 bits per heavy atom. The summed E-state index contributed by atoms with van der Waals surface area (Å²) in [5.74, 6) is 1.60. The number of carbonyl (C=O) groups excluding carboxylic acids is 1. The summed E-state index contributed by atoms with van der Waals surface area (Å²) in [6, 6.07) is 10.8.